The second kappa shape index (κ2) is 5.64. The summed E-state index contributed by atoms with van der Waals surface area (Å²) in [5.74, 6) is 7.52. The SMILES string of the molecule is Cc1ccc2c3c1-c1c4c(c[c]([Ge]([CH3])([CH3])[CH3])cc4cc[n+]1C)B3c1ccccc1-2. The Morgan fingerprint density at radius 3 is 2.45 bits per heavy atom. The number of hydrogen-bond acceptors (Lipinski definition) is 0. The van der Waals surface area contributed by atoms with Gasteiger partial charge in [0.1, 0.15) is 0 Å². The topological polar surface area (TPSA) is 3.88 Å². The van der Waals surface area contributed by atoms with E-state index in [0.717, 1.165) is 0 Å². The first-order chi connectivity index (χ1) is 13.9. The minimum atomic E-state index is -1.97. The summed E-state index contributed by atoms with van der Waals surface area (Å²) in [5, 5.41) is 2.87. The van der Waals surface area contributed by atoms with Gasteiger partial charge in [0.05, 0.1) is 0 Å². The standard InChI is InChI=1S/C26H25BGeN/c1-16-10-11-20-19-8-6-7-9-21(19)27-22-15-18(28(2,3)4)14-17-12-13-29(5)26(24(17)22)23(16)25(20)27/h6-15H,1-5H3/q+1. The van der Waals surface area contributed by atoms with E-state index in [2.05, 4.69) is 96.6 Å². The average molecular weight is 435 g/mol. The second-order valence-corrected chi connectivity index (χ2v) is 20.4. The zero-order chi connectivity index (χ0) is 20.1. The predicted molar refractivity (Wildman–Crippen MR) is 128 cm³/mol. The van der Waals surface area contributed by atoms with Crippen molar-refractivity contribution in [2.24, 2.45) is 7.05 Å². The maximum atomic E-state index is 2.58. The van der Waals surface area contributed by atoms with Gasteiger partial charge in [0, 0.05) is 0 Å². The number of aromatic nitrogens is 1. The number of benzene rings is 3. The Hall–Kier alpha value is -2.32. The van der Waals surface area contributed by atoms with Crippen molar-refractivity contribution in [3.05, 3.63) is 66.4 Å². The molecule has 0 amide bonds. The van der Waals surface area contributed by atoms with Gasteiger partial charge in [-0.25, -0.2) is 0 Å². The van der Waals surface area contributed by atoms with Crippen LogP contribution in [0.2, 0.25) is 17.3 Å². The molecule has 29 heavy (non-hydrogen) atoms. The van der Waals surface area contributed by atoms with Crippen LogP contribution in [-0.2, 0) is 7.05 Å². The van der Waals surface area contributed by atoms with Crippen LogP contribution in [0, 0.1) is 6.92 Å². The van der Waals surface area contributed by atoms with Crippen LogP contribution >= 0.6 is 0 Å². The Kier molecular flexibility index (Phi) is 3.41. The normalized spacial score (nSPS) is 13.6. The van der Waals surface area contributed by atoms with Gasteiger partial charge in [0.2, 0.25) is 0 Å². The number of aryl methyl sites for hydroxylation is 2. The number of fused-ring (bicyclic) bond motifs is 5. The fourth-order valence-corrected chi connectivity index (χ4v) is 8.02. The van der Waals surface area contributed by atoms with Crippen molar-refractivity contribution in [1.29, 1.82) is 0 Å². The van der Waals surface area contributed by atoms with Gasteiger partial charge in [-0.3, -0.25) is 0 Å². The molecule has 0 bridgehead atoms. The van der Waals surface area contributed by atoms with Crippen LogP contribution in [0.25, 0.3) is 33.2 Å². The van der Waals surface area contributed by atoms with Crippen molar-refractivity contribution in [1.82, 2.24) is 0 Å². The molecular weight excluding hydrogens is 410 g/mol. The molecule has 6 rings (SSSR count). The van der Waals surface area contributed by atoms with Crippen molar-refractivity contribution in [2.75, 3.05) is 0 Å². The molecule has 2 aliphatic heterocycles. The minimum absolute atomic E-state index is 0.359. The molecule has 0 saturated carbocycles. The summed E-state index contributed by atoms with van der Waals surface area (Å²) in [4.78, 5) is 0. The summed E-state index contributed by atoms with van der Waals surface area (Å²) in [6.45, 7) is 2.64. The predicted octanol–water partition coefficient (Wildman–Crippen LogP) is 2.99. The van der Waals surface area contributed by atoms with E-state index in [-0.39, 0.29) is 0 Å². The van der Waals surface area contributed by atoms with Gasteiger partial charge >= 0.3 is 176 Å². The van der Waals surface area contributed by atoms with Crippen molar-refractivity contribution in [2.45, 2.75) is 24.2 Å². The van der Waals surface area contributed by atoms with Gasteiger partial charge in [-0.1, -0.05) is 0 Å². The molecular formula is C26H25BGeN+. The summed E-state index contributed by atoms with van der Waals surface area (Å²) in [5.41, 5.74) is 11.6. The molecule has 3 heteroatoms. The first-order valence-electron chi connectivity index (χ1n) is 10.6. The molecule has 140 valence electrons. The molecule has 1 aromatic heterocycles. The molecule has 0 fully saturated rings. The average Bonchev–Trinajstić information content (AvgIpc) is 3.02. The van der Waals surface area contributed by atoms with E-state index in [4.69, 9.17) is 0 Å². The zero-order valence-corrected chi connectivity index (χ0v) is 19.9. The third kappa shape index (κ3) is 2.21. The van der Waals surface area contributed by atoms with Gasteiger partial charge in [0.15, 0.2) is 0 Å². The van der Waals surface area contributed by atoms with Crippen molar-refractivity contribution in [3.63, 3.8) is 0 Å². The van der Waals surface area contributed by atoms with Gasteiger partial charge < -0.3 is 0 Å². The van der Waals surface area contributed by atoms with E-state index in [9.17, 15) is 0 Å². The Morgan fingerprint density at radius 1 is 0.862 bits per heavy atom. The fourth-order valence-electron chi connectivity index (χ4n) is 5.55. The van der Waals surface area contributed by atoms with Crippen molar-refractivity contribution >= 4 is 51.5 Å². The van der Waals surface area contributed by atoms with E-state index >= 15 is 0 Å². The Bertz CT molecular complexity index is 1360. The summed E-state index contributed by atoms with van der Waals surface area (Å²) in [6.07, 6.45) is 2.25. The summed E-state index contributed by atoms with van der Waals surface area (Å²) >= 11 is -1.97. The van der Waals surface area contributed by atoms with Gasteiger partial charge in [-0.15, -0.1) is 0 Å². The number of hydrogen-bond donors (Lipinski definition) is 0. The summed E-state index contributed by atoms with van der Waals surface area (Å²) < 4.78 is 3.94. The number of rotatable bonds is 1. The van der Waals surface area contributed by atoms with E-state index in [1.165, 1.54) is 55.1 Å². The molecule has 3 aromatic carbocycles. The van der Waals surface area contributed by atoms with Gasteiger partial charge in [-0.05, 0) is 0 Å². The third-order valence-electron chi connectivity index (χ3n) is 6.98. The Labute approximate surface area is 175 Å². The molecule has 0 unspecified atom stereocenters. The van der Waals surface area contributed by atoms with Crippen molar-refractivity contribution in [3.8, 4) is 22.4 Å². The van der Waals surface area contributed by atoms with Crippen LogP contribution in [0.15, 0.2) is 60.8 Å². The van der Waals surface area contributed by atoms with E-state index in [1.807, 2.05) is 0 Å². The molecule has 0 aliphatic carbocycles. The molecule has 0 N–H and O–H groups in total. The second-order valence-electron chi connectivity index (χ2n) is 9.79. The van der Waals surface area contributed by atoms with Gasteiger partial charge in [-0.2, -0.15) is 0 Å². The van der Waals surface area contributed by atoms with Crippen LogP contribution < -0.4 is 25.4 Å². The van der Waals surface area contributed by atoms with E-state index in [1.54, 1.807) is 4.40 Å². The molecule has 0 saturated heterocycles. The molecule has 0 atom stereocenters. The van der Waals surface area contributed by atoms with E-state index < -0.39 is 13.3 Å². The van der Waals surface area contributed by atoms with Crippen LogP contribution in [0.1, 0.15) is 5.56 Å². The van der Waals surface area contributed by atoms with Crippen LogP contribution in [0.4, 0.5) is 0 Å². The number of pyridine rings is 1. The van der Waals surface area contributed by atoms with Crippen LogP contribution in [0.5, 0.6) is 0 Å². The summed E-state index contributed by atoms with van der Waals surface area (Å²) in [6, 6.07) is 21.1. The van der Waals surface area contributed by atoms with Gasteiger partial charge in [0.25, 0.3) is 0 Å². The van der Waals surface area contributed by atoms with E-state index in [0.29, 0.717) is 6.71 Å². The maximum absolute atomic E-state index is 2.58. The third-order valence-corrected chi connectivity index (χ3v) is 11.2. The molecule has 4 aromatic rings. The molecule has 1 nitrogen and oxygen atoms in total. The summed E-state index contributed by atoms with van der Waals surface area (Å²) in [7, 11) is 2.20. The molecule has 2 aliphatic rings. The quantitative estimate of drug-likeness (QED) is 0.277. The van der Waals surface area contributed by atoms with Crippen LogP contribution in [0.3, 0.4) is 0 Å². The van der Waals surface area contributed by atoms with Crippen LogP contribution in [-0.4, -0.2) is 20.0 Å². The molecule has 3 heterocycles. The number of nitrogens with zero attached hydrogens (tertiary/aromatic N) is 1. The Balaban J connectivity index is 1.86. The molecule has 0 radical (unpaired) electrons. The fraction of sp³-hybridized carbons (Fsp3) is 0.192. The molecule has 0 spiro atoms. The monoisotopic (exact) mass is 436 g/mol. The first-order valence-corrected chi connectivity index (χ1v) is 17.9. The zero-order valence-electron chi connectivity index (χ0n) is 17.8. The van der Waals surface area contributed by atoms with Crippen molar-refractivity contribution < 1.29 is 4.57 Å². The Morgan fingerprint density at radius 2 is 1.66 bits per heavy atom. The first kappa shape index (κ1) is 17.5.